The highest BCUT2D eigenvalue weighted by Crippen LogP contribution is 2.27. The van der Waals surface area contributed by atoms with Crippen molar-refractivity contribution >= 4 is 5.69 Å². The van der Waals surface area contributed by atoms with Crippen molar-refractivity contribution in [3.05, 3.63) is 36.2 Å². The van der Waals surface area contributed by atoms with Crippen molar-refractivity contribution in [1.82, 2.24) is 9.97 Å². The second-order valence-electron chi connectivity index (χ2n) is 4.42. The standard InChI is InChI=1S/C14H17N3O/c1-9(2)12-6-7-16-14(17-12)10-4-5-11(15)13(8-10)18-3/h4-9H,15H2,1-3H3. The SMILES string of the molecule is COc1cc(-c2nccc(C(C)C)n2)ccc1N. The van der Waals surface area contributed by atoms with Gasteiger partial charge < -0.3 is 10.5 Å². The van der Waals surface area contributed by atoms with Gasteiger partial charge in [0.25, 0.3) is 0 Å². The number of benzene rings is 1. The molecule has 0 aliphatic rings. The monoisotopic (exact) mass is 243 g/mol. The third-order valence-electron chi connectivity index (χ3n) is 2.76. The van der Waals surface area contributed by atoms with Gasteiger partial charge in [0.2, 0.25) is 0 Å². The minimum Gasteiger partial charge on any atom is -0.495 e. The summed E-state index contributed by atoms with van der Waals surface area (Å²) in [6, 6.07) is 7.49. The van der Waals surface area contributed by atoms with Crippen LogP contribution in [0.4, 0.5) is 5.69 Å². The van der Waals surface area contributed by atoms with Crippen LogP contribution < -0.4 is 10.5 Å². The van der Waals surface area contributed by atoms with Gasteiger partial charge >= 0.3 is 0 Å². The van der Waals surface area contributed by atoms with Gasteiger partial charge in [-0.25, -0.2) is 9.97 Å². The normalized spacial score (nSPS) is 10.7. The third-order valence-corrected chi connectivity index (χ3v) is 2.76. The predicted octanol–water partition coefficient (Wildman–Crippen LogP) is 2.86. The van der Waals surface area contributed by atoms with Crippen LogP contribution in [0.3, 0.4) is 0 Å². The van der Waals surface area contributed by atoms with E-state index in [1.165, 1.54) is 0 Å². The maximum Gasteiger partial charge on any atom is 0.159 e. The van der Waals surface area contributed by atoms with E-state index in [4.69, 9.17) is 10.5 Å². The Bertz CT molecular complexity index is 552. The zero-order valence-electron chi connectivity index (χ0n) is 10.8. The first-order chi connectivity index (χ1) is 8.61. The van der Waals surface area contributed by atoms with E-state index in [2.05, 4.69) is 23.8 Å². The quantitative estimate of drug-likeness (QED) is 0.842. The largest absolute Gasteiger partial charge is 0.495 e. The minimum atomic E-state index is 0.377. The highest BCUT2D eigenvalue weighted by Gasteiger charge is 2.08. The van der Waals surface area contributed by atoms with Crippen LogP contribution in [0.1, 0.15) is 25.5 Å². The van der Waals surface area contributed by atoms with Gasteiger partial charge in [-0.05, 0) is 30.2 Å². The molecule has 0 aliphatic heterocycles. The Morgan fingerprint density at radius 1 is 1.22 bits per heavy atom. The van der Waals surface area contributed by atoms with Gasteiger partial charge in [0.15, 0.2) is 5.82 Å². The Morgan fingerprint density at radius 2 is 2.00 bits per heavy atom. The van der Waals surface area contributed by atoms with Crippen LogP contribution in [-0.4, -0.2) is 17.1 Å². The molecule has 0 atom stereocenters. The lowest BCUT2D eigenvalue weighted by molar-refractivity contribution is 0.417. The maximum atomic E-state index is 5.79. The molecular formula is C14H17N3O. The number of nitrogen functional groups attached to an aromatic ring is 1. The molecule has 0 bridgehead atoms. The number of ether oxygens (including phenoxy) is 1. The zero-order chi connectivity index (χ0) is 13.1. The van der Waals surface area contributed by atoms with E-state index in [9.17, 15) is 0 Å². The average Bonchev–Trinajstić information content (AvgIpc) is 2.39. The Balaban J connectivity index is 2.45. The number of hydrogen-bond donors (Lipinski definition) is 1. The summed E-state index contributed by atoms with van der Waals surface area (Å²) in [6.07, 6.45) is 1.78. The molecule has 2 N–H and O–H groups in total. The molecule has 0 fully saturated rings. The Morgan fingerprint density at radius 3 is 2.67 bits per heavy atom. The summed E-state index contributed by atoms with van der Waals surface area (Å²) in [5.74, 6) is 1.72. The lowest BCUT2D eigenvalue weighted by atomic mass is 10.1. The molecule has 0 unspecified atom stereocenters. The van der Waals surface area contributed by atoms with Gasteiger partial charge in [0, 0.05) is 17.5 Å². The van der Waals surface area contributed by atoms with E-state index in [-0.39, 0.29) is 0 Å². The molecule has 2 aromatic rings. The van der Waals surface area contributed by atoms with Crippen molar-refractivity contribution in [3.63, 3.8) is 0 Å². The molecular weight excluding hydrogens is 226 g/mol. The summed E-state index contributed by atoms with van der Waals surface area (Å²) in [6.45, 7) is 4.21. The fourth-order valence-corrected chi connectivity index (χ4v) is 1.68. The summed E-state index contributed by atoms with van der Waals surface area (Å²) in [5, 5.41) is 0. The van der Waals surface area contributed by atoms with E-state index < -0.39 is 0 Å². The molecule has 0 aliphatic carbocycles. The Kier molecular flexibility index (Phi) is 3.46. The van der Waals surface area contributed by atoms with E-state index >= 15 is 0 Å². The van der Waals surface area contributed by atoms with Gasteiger partial charge in [0.05, 0.1) is 12.8 Å². The fraction of sp³-hybridized carbons (Fsp3) is 0.286. The molecule has 1 aromatic heterocycles. The molecule has 4 nitrogen and oxygen atoms in total. The van der Waals surface area contributed by atoms with Crippen LogP contribution in [0, 0.1) is 0 Å². The first kappa shape index (κ1) is 12.4. The molecule has 4 heteroatoms. The predicted molar refractivity (Wildman–Crippen MR) is 72.5 cm³/mol. The highest BCUT2D eigenvalue weighted by atomic mass is 16.5. The Hall–Kier alpha value is -2.10. The second-order valence-corrected chi connectivity index (χ2v) is 4.42. The fourth-order valence-electron chi connectivity index (χ4n) is 1.68. The lowest BCUT2D eigenvalue weighted by Gasteiger charge is -2.09. The van der Waals surface area contributed by atoms with Crippen molar-refractivity contribution in [2.24, 2.45) is 0 Å². The number of nitrogens with zero attached hydrogens (tertiary/aromatic N) is 2. The molecule has 1 heterocycles. The van der Waals surface area contributed by atoms with Crippen LogP contribution in [0.5, 0.6) is 5.75 Å². The average molecular weight is 243 g/mol. The van der Waals surface area contributed by atoms with Crippen LogP contribution in [0.2, 0.25) is 0 Å². The molecule has 0 saturated heterocycles. The molecule has 0 amide bonds. The minimum absolute atomic E-state index is 0.377. The van der Waals surface area contributed by atoms with Crippen LogP contribution in [-0.2, 0) is 0 Å². The van der Waals surface area contributed by atoms with E-state index in [1.807, 2.05) is 18.2 Å². The molecule has 0 saturated carbocycles. The molecule has 94 valence electrons. The number of hydrogen-bond acceptors (Lipinski definition) is 4. The zero-order valence-corrected chi connectivity index (χ0v) is 10.8. The maximum absolute atomic E-state index is 5.79. The molecule has 1 aromatic carbocycles. The summed E-state index contributed by atoms with van der Waals surface area (Å²) >= 11 is 0. The number of anilines is 1. The van der Waals surface area contributed by atoms with Crippen molar-refractivity contribution in [3.8, 4) is 17.1 Å². The van der Waals surface area contributed by atoms with Crippen molar-refractivity contribution < 1.29 is 4.74 Å². The van der Waals surface area contributed by atoms with Gasteiger partial charge in [-0.15, -0.1) is 0 Å². The number of nitrogens with two attached hydrogens (primary N) is 1. The van der Waals surface area contributed by atoms with Crippen molar-refractivity contribution in [2.75, 3.05) is 12.8 Å². The van der Waals surface area contributed by atoms with Gasteiger partial charge in [-0.1, -0.05) is 13.8 Å². The van der Waals surface area contributed by atoms with Gasteiger partial charge in [-0.3, -0.25) is 0 Å². The highest BCUT2D eigenvalue weighted by molar-refractivity contribution is 5.65. The molecule has 18 heavy (non-hydrogen) atoms. The van der Waals surface area contributed by atoms with Crippen molar-refractivity contribution in [1.29, 1.82) is 0 Å². The first-order valence-corrected chi connectivity index (χ1v) is 5.88. The summed E-state index contributed by atoms with van der Waals surface area (Å²) in [5.41, 5.74) is 8.33. The van der Waals surface area contributed by atoms with Crippen LogP contribution in [0.25, 0.3) is 11.4 Å². The number of methoxy groups -OCH3 is 1. The summed E-state index contributed by atoms with van der Waals surface area (Å²) < 4.78 is 5.20. The molecule has 0 radical (unpaired) electrons. The second kappa shape index (κ2) is 5.04. The topological polar surface area (TPSA) is 61.0 Å². The Labute approximate surface area is 107 Å². The summed E-state index contributed by atoms with van der Waals surface area (Å²) in [7, 11) is 1.60. The third kappa shape index (κ3) is 2.42. The number of aromatic nitrogens is 2. The number of rotatable bonds is 3. The first-order valence-electron chi connectivity index (χ1n) is 5.88. The summed E-state index contributed by atoms with van der Waals surface area (Å²) in [4.78, 5) is 8.83. The molecule has 0 spiro atoms. The van der Waals surface area contributed by atoms with E-state index in [1.54, 1.807) is 19.4 Å². The van der Waals surface area contributed by atoms with Crippen molar-refractivity contribution in [2.45, 2.75) is 19.8 Å². The van der Waals surface area contributed by atoms with Crippen LogP contribution >= 0.6 is 0 Å². The smallest absolute Gasteiger partial charge is 0.159 e. The van der Waals surface area contributed by atoms with Gasteiger partial charge in [-0.2, -0.15) is 0 Å². The van der Waals surface area contributed by atoms with Crippen LogP contribution in [0.15, 0.2) is 30.5 Å². The lowest BCUT2D eigenvalue weighted by Crippen LogP contribution is -1.98. The van der Waals surface area contributed by atoms with Gasteiger partial charge in [0.1, 0.15) is 5.75 Å². The molecule has 2 rings (SSSR count). The van der Waals surface area contributed by atoms with E-state index in [0.717, 1.165) is 11.3 Å². The van der Waals surface area contributed by atoms with E-state index in [0.29, 0.717) is 23.2 Å².